The molecule has 3 nitrogen and oxygen atoms in total. The second-order valence-electron chi connectivity index (χ2n) is 3.47. The predicted octanol–water partition coefficient (Wildman–Crippen LogP) is 3.68. The van der Waals surface area contributed by atoms with E-state index in [0.29, 0.717) is 10.2 Å². The quantitative estimate of drug-likeness (QED) is 0.760. The van der Waals surface area contributed by atoms with Crippen LogP contribution in [0.25, 0.3) is 0 Å². The minimum atomic E-state index is 0.591. The lowest BCUT2D eigenvalue weighted by Gasteiger charge is -2.08. The third-order valence-corrected chi connectivity index (χ3v) is 3.99. The number of hydrogen-bond acceptors (Lipinski definition) is 2. The lowest BCUT2D eigenvalue weighted by Crippen LogP contribution is -2.10. The molecule has 0 spiro atoms. The van der Waals surface area contributed by atoms with Crippen molar-refractivity contribution in [3.63, 3.8) is 0 Å². The van der Waals surface area contributed by atoms with Gasteiger partial charge < -0.3 is 4.84 Å². The fourth-order valence-corrected chi connectivity index (χ4v) is 3.13. The first kappa shape index (κ1) is 13.6. The molecule has 88 valence electrons. The van der Waals surface area contributed by atoms with Gasteiger partial charge in [-0.3, -0.25) is 0 Å². The van der Waals surface area contributed by atoms with Gasteiger partial charge in [0.25, 0.3) is 0 Å². The van der Waals surface area contributed by atoms with Gasteiger partial charge in [0.2, 0.25) is 0 Å². The number of halogens is 2. The maximum atomic E-state index is 9.03. The summed E-state index contributed by atoms with van der Waals surface area (Å²) in [6, 6.07) is 2.15. The van der Waals surface area contributed by atoms with Gasteiger partial charge in [-0.1, -0.05) is 19.8 Å². The van der Waals surface area contributed by atoms with E-state index in [1.165, 1.54) is 12.8 Å². The number of nitriles is 1. The highest BCUT2D eigenvalue weighted by molar-refractivity contribution is 9.11. The SMILES string of the molecule is CCCCCc1c(Br)c(C#N)c(Br)n1OC. The van der Waals surface area contributed by atoms with Crippen LogP contribution in [0.2, 0.25) is 0 Å². The Morgan fingerprint density at radius 1 is 1.38 bits per heavy atom. The number of nitrogens with zero attached hydrogens (tertiary/aromatic N) is 2. The van der Waals surface area contributed by atoms with Gasteiger partial charge in [-0.15, -0.1) is 0 Å². The molecule has 0 saturated carbocycles. The Balaban J connectivity index is 3.02. The molecule has 0 aliphatic heterocycles. The molecule has 0 aromatic carbocycles. The zero-order chi connectivity index (χ0) is 12.1. The van der Waals surface area contributed by atoms with E-state index in [1.54, 1.807) is 11.8 Å². The molecule has 16 heavy (non-hydrogen) atoms. The Morgan fingerprint density at radius 3 is 2.56 bits per heavy atom. The summed E-state index contributed by atoms with van der Waals surface area (Å²) in [6.45, 7) is 2.17. The van der Waals surface area contributed by atoms with Crippen molar-refractivity contribution in [3.8, 4) is 6.07 Å². The molecule has 0 aliphatic carbocycles. The maximum absolute atomic E-state index is 9.03. The fraction of sp³-hybridized carbons (Fsp3) is 0.545. The molecule has 0 aliphatic rings. The molecule has 0 bridgehead atoms. The minimum Gasteiger partial charge on any atom is -0.416 e. The van der Waals surface area contributed by atoms with Gasteiger partial charge >= 0.3 is 0 Å². The van der Waals surface area contributed by atoms with Crippen molar-refractivity contribution in [2.24, 2.45) is 0 Å². The second-order valence-corrected chi connectivity index (χ2v) is 5.02. The van der Waals surface area contributed by atoms with Crippen molar-refractivity contribution in [2.75, 3.05) is 7.11 Å². The van der Waals surface area contributed by atoms with Gasteiger partial charge in [-0.05, 0) is 44.7 Å². The number of rotatable bonds is 5. The normalized spacial score (nSPS) is 10.2. The van der Waals surface area contributed by atoms with Crippen molar-refractivity contribution in [2.45, 2.75) is 32.6 Å². The first-order chi connectivity index (χ1) is 7.67. The van der Waals surface area contributed by atoms with E-state index in [4.69, 9.17) is 10.1 Å². The molecule has 1 aromatic rings. The summed E-state index contributed by atoms with van der Waals surface area (Å²) in [4.78, 5) is 5.26. The largest absolute Gasteiger partial charge is 0.416 e. The zero-order valence-electron chi connectivity index (χ0n) is 9.39. The predicted molar refractivity (Wildman–Crippen MR) is 70.3 cm³/mol. The molecular weight excluding hydrogens is 336 g/mol. The van der Waals surface area contributed by atoms with Gasteiger partial charge in [0.15, 0.2) is 0 Å². The van der Waals surface area contributed by atoms with Crippen molar-refractivity contribution in [1.29, 1.82) is 5.26 Å². The van der Waals surface area contributed by atoms with E-state index in [0.717, 1.165) is 23.0 Å². The van der Waals surface area contributed by atoms with Crippen LogP contribution in [0.1, 0.15) is 37.4 Å². The van der Waals surface area contributed by atoms with Crippen molar-refractivity contribution in [1.82, 2.24) is 4.73 Å². The molecule has 1 aromatic heterocycles. The van der Waals surface area contributed by atoms with Gasteiger partial charge in [-0.2, -0.15) is 9.99 Å². The van der Waals surface area contributed by atoms with Crippen LogP contribution in [0.15, 0.2) is 9.08 Å². The zero-order valence-corrected chi connectivity index (χ0v) is 12.6. The molecule has 5 heteroatoms. The first-order valence-corrected chi connectivity index (χ1v) is 6.79. The molecule has 0 radical (unpaired) electrons. The molecule has 0 saturated heterocycles. The summed E-state index contributed by atoms with van der Waals surface area (Å²) in [5, 5.41) is 9.03. The summed E-state index contributed by atoms with van der Waals surface area (Å²) in [6.07, 6.45) is 4.36. The Hall–Kier alpha value is -0.470. The number of hydrogen-bond donors (Lipinski definition) is 0. The van der Waals surface area contributed by atoms with E-state index >= 15 is 0 Å². The van der Waals surface area contributed by atoms with Gasteiger partial charge in [0.1, 0.15) is 23.3 Å². The van der Waals surface area contributed by atoms with E-state index in [9.17, 15) is 0 Å². The smallest absolute Gasteiger partial charge is 0.141 e. The average Bonchev–Trinajstić information content (AvgIpc) is 2.50. The van der Waals surface area contributed by atoms with Gasteiger partial charge in [-0.25, -0.2) is 0 Å². The van der Waals surface area contributed by atoms with E-state index in [1.807, 2.05) is 0 Å². The van der Waals surface area contributed by atoms with Crippen LogP contribution < -0.4 is 4.84 Å². The Morgan fingerprint density at radius 2 is 2.06 bits per heavy atom. The van der Waals surface area contributed by atoms with Crippen LogP contribution in [-0.4, -0.2) is 11.8 Å². The Labute approximate surface area is 113 Å². The van der Waals surface area contributed by atoms with Gasteiger partial charge in [0.05, 0.1) is 10.2 Å². The molecule has 1 rings (SSSR count). The van der Waals surface area contributed by atoms with Crippen molar-refractivity contribution >= 4 is 31.9 Å². The van der Waals surface area contributed by atoms with Crippen LogP contribution >= 0.6 is 31.9 Å². The summed E-state index contributed by atoms with van der Waals surface area (Å²) in [7, 11) is 1.60. The summed E-state index contributed by atoms with van der Waals surface area (Å²) >= 11 is 6.82. The molecule has 0 atom stereocenters. The highest BCUT2D eigenvalue weighted by Crippen LogP contribution is 2.32. The molecule has 0 unspecified atom stereocenters. The van der Waals surface area contributed by atoms with E-state index in [2.05, 4.69) is 44.9 Å². The van der Waals surface area contributed by atoms with E-state index < -0.39 is 0 Å². The van der Waals surface area contributed by atoms with Crippen LogP contribution in [0.4, 0.5) is 0 Å². The first-order valence-electron chi connectivity index (χ1n) is 5.20. The van der Waals surface area contributed by atoms with Crippen molar-refractivity contribution < 1.29 is 4.84 Å². The second kappa shape index (κ2) is 6.31. The standard InChI is InChI=1S/C11H14Br2N2O/c1-3-4-5-6-9-10(12)8(7-14)11(13)15(9)16-2/h3-6H2,1-2H3. The summed E-state index contributed by atoms with van der Waals surface area (Å²) < 4.78 is 3.17. The highest BCUT2D eigenvalue weighted by atomic mass is 79.9. The maximum Gasteiger partial charge on any atom is 0.141 e. The van der Waals surface area contributed by atoms with Crippen LogP contribution in [0.5, 0.6) is 0 Å². The van der Waals surface area contributed by atoms with E-state index in [-0.39, 0.29) is 0 Å². The Kier molecular flexibility index (Phi) is 5.36. The lowest BCUT2D eigenvalue weighted by atomic mass is 10.1. The third-order valence-electron chi connectivity index (χ3n) is 2.41. The topological polar surface area (TPSA) is 38.0 Å². The summed E-state index contributed by atoms with van der Waals surface area (Å²) in [5.74, 6) is 0. The third kappa shape index (κ3) is 2.61. The minimum absolute atomic E-state index is 0.591. The molecule has 0 amide bonds. The van der Waals surface area contributed by atoms with Crippen LogP contribution in [0.3, 0.4) is 0 Å². The Bertz CT molecular complexity index is 407. The van der Waals surface area contributed by atoms with Crippen LogP contribution in [-0.2, 0) is 6.42 Å². The summed E-state index contributed by atoms with van der Waals surface area (Å²) in [5.41, 5.74) is 1.60. The molecule has 1 heterocycles. The monoisotopic (exact) mass is 348 g/mol. The fourth-order valence-electron chi connectivity index (χ4n) is 1.58. The van der Waals surface area contributed by atoms with Crippen LogP contribution in [0, 0.1) is 11.3 Å². The average molecular weight is 350 g/mol. The number of aromatic nitrogens is 1. The lowest BCUT2D eigenvalue weighted by molar-refractivity contribution is 0.153. The molecule has 0 fully saturated rings. The van der Waals surface area contributed by atoms with Crippen molar-refractivity contribution in [3.05, 3.63) is 20.3 Å². The molecular formula is C11H14Br2N2O. The van der Waals surface area contributed by atoms with Gasteiger partial charge in [0, 0.05) is 0 Å². The highest BCUT2D eigenvalue weighted by Gasteiger charge is 2.19. The number of unbranched alkanes of at least 4 members (excludes halogenated alkanes) is 2. The molecule has 0 N–H and O–H groups in total.